The van der Waals surface area contributed by atoms with Crippen molar-refractivity contribution in [1.82, 2.24) is 10.3 Å². The Morgan fingerprint density at radius 3 is 2.81 bits per heavy atom. The third-order valence-electron chi connectivity index (χ3n) is 1.89. The average Bonchev–Trinajstić information content (AvgIpc) is 2.69. The van der Waals surface area contributed by atoms with Crippen molar-refractivity contribution in [3.8, 4) is 0 Å². The standard InChI is InChI=1S/C10H14N2O3S/c1-7-5-12-9(16-7)6-11-8(13)3-4-10(14)15-2/h5H,3-4,6H2,1-2H3,(H,11,13). The Kier molecular flexibility index (Phi) is 4.91. The van der Waals surface area contributed by atoms with E-state index < -0.39 is 0 Å². The van der Waals surface area contributed by atoms with E-state index in [1.807, 2.05) is 6.92 Å². The van der Waals surface area contributed by atoms with Gasteiger partial charge >= 0.3 is 5.97 Å². The normalized spacial score (nSPS) is 9.88. The highest BCUT2D eigenvalue weighted by Gasteiger charge is 2.07. The first-order valence-electron chi connectivity index (χ1n) is 4.86. The number of nitrogens with zero attached hydrogens (tertiary/aromatic N) is 1. The minimum absolute atomic E-state index is 0.110. The molecule has 0 atom stereocenters. The lowest BCUT2D eigenvalue weighted by molar-refractivity contribution is -0.142. The van der Waals surface area contributed by atoms with E-state index in [1.165, 1.54) is 7.11 Å². The van der Waals surface area contributed by atoms with Crippen LogP contribution in [-0.2, 0) is 20.9 Å². The van der Waals surface area contributed by atoms with Crippen molar-refractivity contribution in [3.05, 3.63) is 16.1 Å². The molecule has 0 aliphatic rings. The van der Waals surface area contributed by atoms with Gasteiger partial charge in [0, 0.05) is 17.5 Å². The molecule has 16 heavy (non-hydrogen) atoms. The summed E-state index contributed by atoms with van der Waals surface area (Å²) in [5.41, 5.74) is 0. The van der Waals surface area contributed by atoms with E-state index in [4.69, 9.17) is 0 Å². The molecule has 1 heterocycles. The van der Waals surface area contributed by atoms with Crippen LogP contribution in [0.3, 0.4) is 0 Å². The van der Waals surface area contributed by atoms with Gasteiger partial charge in [0.25, 0.3) is 0 Å². The van der Waals surface area contributed by atoms with Crippen LogP contribution in [0.2, 0.25) is 0 Å². The second-order valence-corrected chi connectivity index (χ2v) is 4.54. The van der Waals surface area contributed by atoms with Crippen molar-refractivity contribution >= 4 is 23.2 Å². The van der Waals surface area contributed by atoms with Crippen LogP contribution in [0.4, 0.5) is 0 Å². The van der Waals surface area contributed by atoms with Gasteiger partial charge in [-0.2, -0.15) is 0 Å². The van der Waals surface area contributed by atoms with Crippen LogP contribution in [-0.4, -0.2) is 24.0 Å². The van der Waals surface area contributed by atoms with Gasteiger partial charge in [0.05, 0.1) is 20.1 Å². The number of hydrogen-bond acceptors (Lipinski definition) is 5. The molecular formula is C10H14N2O3S. The molecule has 88 valence electrons. The summed E-state index contributed by atoms with van der Waals surface area (Å²) in [6.07, 6.45) is 2.02. The van der Waals surface area contributed by atoms with Gasteiger partial charge in [0.1, 0.15) is 5.01 Å². The number of aryl methyl sites for hydroxylation is 1. The molecule has 0 radical (unpaired) electrons. The first-order valence-corrected chi connectivity index (χ1v) is 5.68. The van der Waals surface area contributed by atoms with Crippen LogP contribution in [0.25, 0.3) is 0 Å². The van der Waals surface area contributed by atoms with Gasteiger partial charge in [0.2, 0.25) is 5.91 Å². The van der Waals surface area contributed by atoms with E-state index in [0.717, 1.165) is 9.88 Å². The van der Waals surface area contributed by atoms with Crippen molar-refractivity contribution < 1.29 is 14.3 Å². The third-order valence-corrected chi connectivity index (χ3v) is 2.80. The number of methoxy groups -OCH3 is 1. The third kappa shape index (κ3) is 4.39. The number of carbonyl (C=O) groups excluding carboxylic acids is 2. The Balaban J connectivity index is 2.22. The second-order valence-electron chi connectivity index (χ2n) is 3.22. The molecule has 0 fully saturated rings. The molecule has 0 aliphatic heterocycles. The van der Waals surface area contributed by atoms with E-state index in [1.54, 1.807) is 17.5 Å². The molecule has 6 heteroatoms. The van der Waals surface area contributed by atoms with Crippen molar-refractivity contribution in [3.63, 3.8) is 0 Å². The maximum absolute atomic E-state index is 11.3. The number of esters is 1. The summed E-state index contributed by atoms with van der Waals surface area (Å²) in [5.74, 6) is -0.543. The summed E-state index contributed by atoms with van der Waals surface area (Å²) < 4.78 is 4.44. The predicted octanol–water partition coefficient (Wildman–Crippen LogP) is 1.02. The summed E-state index contributed by atoms with van der Waals surface area (Å²) >= 11 is 1.54. The Bertz CT molecular complexity index is 376. The zero-order valence-corrected chi connectivity index (χ0v) is 10.1. The van der Waals surface area contributed by atoms with Crippen molar-refractivity contribution in [2.75, 3.05) is 7.11 Å². The van der Waals surface area contributed by atoms with Crippen LogP contribution >= 0.6 is 11.3 Å². The molecule has 0 saturated heterocycles. The average molecular weight is 242 g/mol. The van der Waals surface area contributed by atoms with Crippen LogP contribution in [0.15, 0.2) is 6.20 Å². The fourth-order valence-corrected chi connectivity index (χ4v) is 1.79. The van der Waals surface area contributed by atoms with E-state index in [0.29, 0.717) is 6.54 Å². The second kappa shape index (κ2) is 6.22. The highest BCUT2D eigenvalue weighted by Crippen LogP contribution is 2.10. The summed E-state index contributed by atoms with van der Waals surface area (Å²) in [6.45, 7) is 2.37. The molecule has 0 bridgehead atoms. The number of rotatable bonds is 5. The molecule has 0 aromatic carbocycles. The lowest BCUT2D eigenvalue weighted by Gasteiger charge is -2.02. The number of hydrogen-bond donors (Lipinski definition) is 1. The number of thiazole rings is 1. The summed E-state index contributed by atoms with van der Waals surface area (Å²) in [5, 5.41) is 3.56. The zero-order valence-electron chi connectivity index (χ0n) is 9.28. The molecule has 1 N–H and O–H groups in total. The van der Waals surface area contributed by atoms with Crippen molar-refractivity contribution in [1.29, 1.82) is 0 Å². The molecular weight excluding hydrogens is 228 g/mol. The minimum atomic E-state index is -0.375. The quantitative estimate of drug-likeness (QED) is 0.783. The van der Waals surface area contributed by atoms with Crippen molar-refractivity contribution in [2.45, 2.75) is 26.3 Å². The van der Waals surface area contributed by atoms with E-state index in [9.17, 15) is 9.59 Å². The fourth-order valence-electron chi connectivity index (χ4n) is 1.06. The number of aromatic nitrogens is 1. The van der Waals surface area contributed by atoms with Gasteiger partial charge < -0.3 is 10.1 Å². The number of carbonyl (C=O) groups is 2. The van der Waals surface area contributed by atoms with E-state index in [-0.39, 0.29) is 24.7 Å². The number of nitrogens with one attached hydrogen (secondary N) is 1. The van der Waals surface area contributed by atoms with Crippen LogP contribution < -0.4 is 5.32 Å². The Morgan fingerprint density at radius 2 is 2.25 bits per heavy atom. The topological polar surface area (TPSA) is 68.3 Å². The maximum Gasteiger partial charge on any atom is 0.306 e. The molecule has 0 aliphatic carbocycles. The lowest BCUT2D eigenvalue weighted by atomic mass is 10.3. The molecule has 1 amide bonds. The SMILES string of the molecule is COC(=O)CCC(=O)NCc1ncc(C)s1. The van der Waals surface area contributed by atoms with Gasteiger partial charge in [-0.15, -0.1) is 11.3 Å². The summed E-state index contributed by atoms with van der Waals surface area (Å²) in [4.78, 5) is 27.3. The molecule has 1 aromatic heterocycles. The van der Waals surface area contributed by atoms with Gasteiger partial charge in [-0.3, -0.25) is 9.59 Å². The van der Waals surface area contributed by atoms with E-state index in [2.05, 4.69) is 15.0 Å². The van der Waals surface area contributed by atoms with Gasteiger partial charge in [-0.25, -0.2) is 4.98 Å². The Morgan fingerprint density at radius 1 is 1.50 bits per heavy atom. The summed E-state index contributed by atoms with van der Waals surface area (Å²) in [7, 11) is 1.30. The van der Waals surface area contributed by atoms with Gasteiger partial charge in [-0.1, -0.05) is 0 Å². The maximum atomic E-state index is 11.3. The Labute approximate surface area is 97.8 Å². The smallest absolute Gasteiger partial charge is 0.306 e. The number of amides is 1. The summed E-state index contributed by atoms with van der Waals surface area (Å²) in [6, 6.07) is 0. The highest BCUT2D eigenvalue weighted by atomic mass is 32.1. The molecule has 5 nitrogen and oxygen atoms in total. The first-order chi connectivity index (χ1) is 7.61. The van der Waals surface area contributed by atoms with Gasteiger partial charge in [0.15, 0.2) is 0 Å². The molecule has 0 saturated carbocycles. The fraction of sp³-hybridized carbons (Fsp3) is 0.500. The first kappa shape index (κ1) is 12.6. The minimum Gasteiger partial charge on any atom is -0.469 e. The van der Waals surface area contributed by atoms with Crippen LogP contribution in [0.1, 0.15) is 22.7 Å². The zero-order chi connectivity index (χ0) is 12.0. The number of ether oxygens (including phenoxy) is 1. The monoisotopic (exact) mass is 242 g/mol. The molecule has 0 spiro atoms. The lowest BCUT2D eigenvalue weighted by Crippen LogP contribution is -2.23. The largest absolute Gasteiger partial charge is 0.469 e. The van der Waals surface area contributed by atoms with Gasteiger partial charge in [-0.05, 0) is 6.92 Å². The van der Waals surface area contributed by atoms with Crippen LogP contribution in [0, 0.1) is 6.92 Å². The Hall–Kier alpha value is -1.43. The highest BCUT2D eigenvalue weighted by molar-refractivity contribution is 7.11. The molecule has 1 aromatic rings. The van der Waals surface area contributed by atoms with E-state index >= 15 is 0 Å². The van der Waals surface area contributed by atoms with Crippen molar-refractivity contribution in [2.24, 2.45) is 0 Å². The predicted molar refractivity (Wildman–Crippen MR) is 59.9 cm³/mol. The molecule has 1 rings (SSSR count). The molecule has 0 unspecified atom stereocenters. The van der Waals surface area contributed by atoms with Crippen LogP contribution in [0.5, 0.6) is 0 Å².